The summed E-state index contributed by atoms with van der Waals surface area (Å²) in [5.41, 5.74) is 1.30. The SMILES string of the molecule is O=C(NS(=O)(=O)c1ccc2ccc(S(=O)(=O)NCCSc3ccccc3)cc2c1)C(c1ccccc1)c1ccccc1. The molecule has 0 aliphatic carbocycles. The summed E-state index contributed by atoms with van der Waals surface area (Å²) in [6.07, 6.45) is 0. The molecule has 42 heavy (non-hydrogen) atoms. The van der Waals surface area contributed by atoms with E-state index in [1.165, 1.54) is 36.0 Å². The lowest BCUT2D eigenvalue weighted by atomic mass is 9.91. The molecule has 0 saturated heterocycles. The van der Waals surface area contributed by atoms with E-state index in [-0.39, 0.29) is 16.3 Å². The maximum atomic E-state index is 13.4. The van der Waals surface area contributed by atoms with Crippen LogP contribution in [0.25, 0.3) is 10.8 Å². The van der Waals surface area contributed by atoms with Crippen LogP contribution in [0.3, 0.4) is 0 Å². The van der Waals surface area contributed by atoms with E-state index < -0.39 is 31.9 Å². The molecule has 0 radical (unpaired) electrons. The Morgan fingerprint density at radius 1 is 0.619 bits per heavy atom. The first-order valence-corrected chi connectivity index (χ1v) is 17.1. The molecule has 0 spiro atoms. The third kappa shape index (κ3) is 7.08. The first-order valence-electron chi connectivity index (χ1n) is 13.1. The zero-order valence-electron chi connectivity index (χ0n) is 22.4. The van der Waals surface area contributed by atoms with Crippen LogP contribution >= 0.6 is 11.8 Å². The third-order valence-corrected chi connectivity index (χ3v) is 10.4. The van der Waals surface area contributed by atoms with Crippen LogP contribution in [0.2, 0.25) is 0 Å². The van der Waals surface area contributed by atoms with Crippen molar-refractivity contribution in [2.45, 2.75) is 20.6 Å². The average molecular weight is 617 g/mol. The van der Waals surface area contributed by atoms with Crippen LogP contribution in [0.4, 0.5) is 0 Å². The fraction of sp³-hybridized carbons (Fsp3) is 0.0938. The average Bonchev–Trinajstić information content (AvgIpc) is 3.00. The van der Waals surface area contributed by atoms with Gasteiger partial charge in [0.25, 0.3) is 10.0 Å². The van der Waals surface area contributed by atoms with Crippen molar-refractivity contribution in [3.63, 3.8) is 0 Å². The van der Waals surface area contributed by atoms with E-state index >= 15 is 0 Å². The van der Waals surface area contributed by atoms with Gasteiger partial charge >= 0.3 is 0 Å². The zero-order chi connectivity index (χ0) is 29.6. The summed E-state index contributed by atoms with van der Waals surface area (Å²) in [7, 11) is -8.10. The van der Waals surface area contributed by atoms with E-state index in [2.05, 4.69) is 9.44 Å². The van der Waals surface area contributed by atoms with Gasteiger partial charge in [-0.05, 0) is 58.3 Å². The van der Waals surface area contributed by atoms with Crippen LogP contribution < -0.4 is 9.44 Å². The highest BCUT2D eigenvalue weighted by molar-refractivity contribution is 7.99. The Labute approximate surface area is 250 Å². The molecule has 0 bridgehead atoms. The number of hydrogen-bond acceptors (Lipinski definition) is 6. The molecule has 5 aromatic rings. The summed E-state index contributed by atoms with van der Waals surface area (Å²) in [5.74, 6) is -0.988. The maximum absolute atomic E-state index is 13.4. The molecule has 0 saturated carbocycles. The Bertz CT molecular complexity index is 1860. The standard InChI is InChI=1S/C32H28N2O5S3/c35-32(31(25-10-4-1-5-11-25)26-12-6-2-7-13-26)34-42(38,39)30-19-17-24-16-18-29(22-27(24)23-30)41(36,37)33-20-21-40-28-14-8-3-9-15-28/h1-19,22-23,31,33H,20-21H2,(H,34,35). The molecule has 0 unspecified atom stereocenters. The predicted octanol–water partition coefficient (Wildman–Crippen LogP) is 5.55. The molecule has 214 valence electrons. The van der Waals surface area contributed by atoms with E-state index in [0.717, 1.165) is 4.90 Å². The van der Waals surface area contributed by atoms with Gasteiger partial charge < -0.3 is 0 Å². The third-order valence-electron chi connectivity index (χ3n) is 6.57. The van der Waals surface area contributed by atoms with Gasteiger partial charge in [-0.2, -0.15) is 0 Å². The number of hydrogen-bond donors (Lipinski definition) is 2. The second-order valence-corrected chi connectivity index (χ2v) is 14.1. The van der Waals surface area contributed by atoms with E-state index in [0.29, 0.717) is 27.7 Å². The van der Waals surface area contributed by atoms with Crippen molar-refractivity contribution in [1.29, 1.82) is 0 Å². The number of rotatable bonds is 11. The van der Waals surface area contributed by atoms with Crippen molar-refractivity contribution < 1.29 is 21.6 Å². The van der Waals surface area contributed by atoms with Gasteiger partial charge in [0.2, 0.25) is 15.9 Å². The van der Waals surface area contributed by atoms with E-state index in [1.807, 2.05) is 42.5 Å². The molecule has 0 aliphatic rings. The smallest absolute Gasteiger partial charge is 0.264 e. The molecule has 0 aliphatic heterocycles. The van der Waals surface area contributed by atoms with Crippen molar-refractivity contribution >= 4 is 48.5 Å². The highest BCUT2D eigenvalue weighted by Gasteiger charge is 2.27. The van der Waals surface area contributed by atoms with Gasteiger partial charge in [0.15, 0.2) is 0 Å². The normalized spacial score (nSPS) is 11.9. The molecule has 5 rings (SSSR count). The van der Waals surface area contributed by atoms with Crippen LogP contribution in [0.15, 0.2) is 142 Å². The lowest BCUT2D eigenvalue weighted by Crippen LogP contribution is -2.35. The van der Waals surface area contributed by atoms with Crippen LogP contribution in [-0.4, -0.2) is 35.0 Å². The molecule has 5 aromatic carbocycles. The molecule has 1 amide bonds. The number of sulfonamides is 2. The summed E-state index contributed by atoms with van der Waals surface area (Å²) in [6.45, 7) is 0.227. The number of benzene rings is 5. The minimum absolute atomic E-state index is 0.0199. The fourth-order valence-electron chi connectivity index (χ4n) is 4.52. The van der Waals surface area contributed by atoms with Gasteiger partial charge in [-0.3, -0.25) is 4.79 Å². The van der Waals surface area contributed by atoms with E-state index in [1.54, 1.807) is 60.7 Å². The molecular formula is C32H28N2O5S3. The van der Waals surface area contributed by atoms with Crippen LogP contribution in [0.1, 0.15) is 17.0 Å². The van der Waals surface area contributed by atoms with Gasteiger partial charge in [-0.25, -0.2) is 26.3 Å². The summed E-state index contributed by atoms with van der Waals surface area (Å²) in [4.78, 5) is 14.3. The lowest BCUT2D eigenvalue weighted by molar-refractivity contribution is -0.119. The first-order chi connectivity index (χ1) is 20.2. The van der Waals surface area contributed by atoms with Crippen LogP contribution in [0.5, 0.6) is 0 Å². The highest BCUT2D eigenvalue weighted by Crippen LogP contribution is 2.27. The van der Waals surface area contributed by atoms with Gasteiger partial charge in [0.1, 0.15) is 0 Å². The van der Waals surface area contributed by atoms with Gasteiger partial charge in [0, 0.05) is 17.2 Å². The number of thioether (sulfide) groups is 1. The largest absolute Gasteiger partial charge is 0.273 e. The predicted molar refractivity (Wildman–Crippen MR) is 166 cm³/mol. The molecule has 0 atom stereocenters. The minimum atomic E-state index is -4.27. The van der Waals surface area contributed by atoms with Crippen molar-refractivity contribution in [3.8, 4) is 0 Å². The summed E-state index contributed by atoms with van der Waals surface area (Å²) in [6, 6.07) is 36.5. The van der Waals surface area contributed by atoms with Crippen LogP contribution in [0, 0.1) is 0 Å². The molecule has 0 aromatic heterocycles. The monoisotopic (exact) mass is 616 g/mol. The highest BCUT2D eigenvalue weighted by atomic mass is 32.2. The molecule has 10 heteroatoms. The fourth-order valence-corrected chi connectivity index (χ4v) is 7.53. The summed E-state index contributed by atoms with van der Waals surface area (Å²) < 4.78 is 57.5. The number of nitrogens with one attached hydrogen (secondary N) is 2. The number of carbonyl (C=O) groups excluding carboxylic acids is 1. The minimum Gasteiger partial charge on any atom is -0.273 e. The lowest BCUT2D eigenvalue weighted by Gasteiger charge is -2.18. The van der Waals surface area contributed by atoms with Crippen molar-refractivity contribution in [3.05, 3.63) is 139 Å². The van der Waals surface area contributed by atoms with Gasteiger partial charge in [-0.1, -0.05) is 91.0 Å². The topological polar surface area (TPSA) is 109 Å². The number of amides is 1. The summed E-state index contributed by atoms with van der Waals surface area (Å²) >= 11 is 1.54. The Balaban J connectivity index is 1.35. The molecule has 7 nitrogen and oxygen atoms in total. The Morgan fingerprint density at radius 2 is 1.12 bits per heavy atom. The second kappa shape index (κ2) is 12.9. The molecule has 0 fully saturated rings. The first kappa shape index (κ1) is 29.5. The van der Waals surface area contributed by atoms with Crippen molar-refractivity contribution in [2.75, 3.05) is 12.3 Å². The Kier molecular flexibility index (Phi) is 9.08. The number of carbonyl (C=O) groups is 1. The Hall–Kier alpha value is -3.96. The maximum Gasteiger partial charge on any atom is 0.264 e. The van der Waals surface area contributed by atoms with Crippen molar-refractivity contribution in [2.24, 2.45) is 0 Å². The van der Waals surface area contributed by atoms with Crippen molar-refractivity contribution in [1.82, 2.24) is 9.44 Å². The quantitative estimate of drug-likeness (QED) is 0.149. The molecular weight excluding hydrogens is 589 g/mol. The van der Waals surface area contributed by atoms with Gasteiger partial charge in [-0.15, -0.1) is 11.8 Å². The van der Waals surface area contributed by atoms with Gasteiger partial charge in [0.05, 0.1) is 15.7 Å². The molecule has 2 N–H and O–H groups in total. The summed E-state index contributed by atoms with van der Waals surface area (Å²) in [5, 5.41) is 1.07. The molecule has 0 heterocycles. The Morgan fingerprint density at radius 3 is 1.67 bits per heavy atom. The van der Waals surface area contributed by atoms with E-state index in [4.69, 9.17) is 0 Å². The second-order valence-electron chi connectivity index (χ2n) is 9.45. The van der Waals surface area contributed by atoms with Crippen LogP contribution in [-0.2, 0) is 24.8 Å². The number of fused-ring (bicyclic) bond motifs is 1. The van der Waals surface area contributed by atoms with E-state index in [9.17, 15) is 21.6 Å². The zero-order valence-corrected chi connectivity index (χ0v) is 24.8.